The number of ether oxygens (including phenoxy) is 2. The minimum atomic E-state index is -0.717. The van der Waals surface area contributed by atoms with Gasteiger partial charge in [-0.25, -0.2) is 4.98 Å². The topological polar surface area (TPSA) is 103 Å². The third-order valence-electron chi connectivity index (χ3n) is 3.52. The van der Waals surface area contributed by atoms with E-state index < -0.39 is 11.9 Å². The van der Waals surface area contributed by atoms with Crippen LogP contribution in [0.15, 0.2) is 41.1 Å². The van der Waals surface area contributed by atoms with Gasteiger partial charge in [-0.3, -0.25) is 9.59 Å². The Morgan fingerprint density at radius 1 is 1.23 bits per heavy atom. The van der Waals surface area contributed by atoms with Crippen LogP contribution in [0.2, 0.25) is 0 Å². The van der Waals surface area contributed by atoms with E-state index in [1.54, 1.807) is 25.3 Å². The van der Waals surface area contributed by atoms with E-state index in [1.807, 2.05) is 13.8 Å². The predicted octanol–water partition coefficient (Wildman–Crippen LogP) is 2.09. The molecule has 2 rings (SSSR count). The zero-order chi connectivity index (χ0) is 18.9. The zero-order valence-electron chi connectivity index (χ0n) is 15.0. The first-order valence-electron chi connectivity index (χ1n) is 8.24. The number of aromatic nitrogens is 1. The molecule has 2 heterocycles. The molecule has 0 radical (unpaired) electrons. The molecule has 0 aromatic carbocycles. The van der Waals surface area contributed by atoms with Gasteiger partial charge in [0.05, 0.1) is 24.8 Å². The van der Waals surface area contributed by atoms with Gasteiger partial charge in [0.15, 0.2) is 5.76 Å². The van der Waals surface area contributed by atoms with Crippen molar-refractivity contribution in [1.29, 1.82) is 0 Å². The molecule has 2 amide bonds. The number of methoxy groups -OCH3 is 1. The maximum absolute atomic E-state index is 12.5. The van der Waals surface area contributed by atoms with E-state index >= 15 is 0 Å². The van der Waals surface area contributed by atoms with E-state index in [0.29, 0.717) is 24.8 Å². The van der Waals surface area contributed by atoms with Gasteiger partial charge in [0.25, 0.3) is 5.91 Å². The first kappa shape index (κ1) is 19.5. The van der Waals surface area contributed by atoms with Gasteiger partial charge in [0.2, 0.25) is 11.8 Å². The van der Waals surface area contributed by atoms with Gasteiger partial charge in [-0.05, 0) is 24.1 Å². The number of pyridine rings is 1. The molecule has 0 saturated heterocycles. The van der Waals surface area contributed by atoms with Gasteiger partial charge in [0.1, 0.15) is 12.6 Å². The summed E-state index contributed by atoms with van der Waals surface area (Å²) < 4.78 is 15.3. The van der Waals surface area contributed by atoms with Crippen LogP contribution in [0.1, 0.15) is 24.4 Å². The lowest BCUT2D eigenvalue weighted by Gasteiger charge is -2.21. The van der Waals surface area contributed by atoms with Gasteiger partial charge in [0, 0.05) is 13.2 Å². The number of furan rings is 1. The number of hydrogen-bond donors (Lipinski definition) is 2. The second-order valence-electron chi connectivity index (χ2n) is 5.89. The molecule has 2 aromatic rings. The largest absolute Gasteiger partial charge is 0.475 e. The monoisotopic (exact) mass is 361 g/mol. The number of anilines is 1. The molecule has 0 spiro atoms. The van der Waals surface area contributed by atoms with Crippen LogP contribution in [0.3, 0.4) is 0 Å². The van der Waals surface area contributed by atoms with Crippen LogP contribution in [0.5, 0.6) is 5.88 Å². The summed E-state index contributed by atoms with van der Waals surface area (Å²) in [4.78, 5) is 28.8. The highest BCUT2D eigenvalue weighted by atomic mass is 16.5. The molecule has 1 atom stereocenters. The van der Waals surface area contributed by atoms with Gasteiger partial charge in [-0.2, -0.15) is 0 Å². The number of hydrogen-bond acceptors (Lipinski definition) is 6. The average molecular weight is 361 g/mol. The Morgan fingerprint density at radius 2 is 2.04 bits per heavy atom. The molecule has 26 heavy (non-hydrogen) atoms. The van der Waals surface area contributed by atoms with Gasteiger partial charge < -0.3 is 24.5 Å². The van der Waals surface area contributed by atoms with Crippen molar-refractivity contribution in [2.24, 2.45) is 5.92 Å². The van der Waals surface area contributed by atoms with Crippen molar-refractivity contribution in [3.8, 4) is 5.88 Å². The SMILES string of the molecule is COCCOc1ccc(NC(=O)C(NC(=O)c2ccco2)C(C)C)cn1. The Bertz CT molecular complexity index is 698. The molecule has 8 nitrogen and oxygen atoms in total. The summed E-state index contributed by atoms with van der Waals surface area (Å²) >= 11 is 0. The number of rotatable bonds is 9. The second-order valence-corrected chi connectivity index (χ2v) is 5.89. The van der Waals surface area contributed by atoms with E-state index in [4.69, 9.17) is 13.9 Å². The molecule has 140 valence electrons. The fourth-order valence-electron chi connectivity index (χ4n) is 2.14. The van der Waals surface area contributed by atoms with Crippen LogP contribution in [-0.4, -0.2) is 43.2 Å². The highest BCUT2D eigenvalue weighted by Gasteiger charge is 2.25. The molecule has 2 N–H and O–H groups in total. The quantitative estimate of drug-likeness (QED) is 0.663. The van der Waals surface area contributed by atoms with Crippen molar-refractivity contribution < 1.29 is 23.5 Å². The zero-order valence-corrected chi connectivity index (χ0v) is 15.0. The summed E-state index contributed by atoms with van der Waals surface area (Å²) in [5.41, 5.74) is 0.506. The Balaban J connectivity index is 1.95. The van der Waals surface area contributed by atoms with Crippen LogP contribution < -0.4 is 15.4 Å². The average Bonchev–Trinajstić information content (AvgIpc) is 3.15. The lowest BCUT2D eigenvalue weighted by molar-refractivity contribution is -0.118. The Labute approximate surface area is 151 Å². The molecule has 0 aliphatic heterocycles. The summed E-state index contributed by atoms with van der Waals surface area (Å²) in [6.45, 7) is 4.55. The smallest absolute Gasteiger partial charge is 0.287 e. The minimum absolute atomic E-state index is 0.112. The van der Waals surface area contributed by atoms with E-state index in [2.05, 4.69) is 15.6 Å². The van der Waals surface area contributed by atoms with Gasteiger partial charge in [-0.1, -0.05) is 13.8 Å². The number of nitrogens with zero attached hydrogens (tertiary/aromatic N) is 1. The molecule has 1 unspecified atom stereocenters. The number of carbonyl (C=O) groups excluding carboxylic acids is 2. The Hall–Kier alpha value is -2.87. The lowest BCUT2D eigenvalue weighted by Crippen LogP contribution is -2.47. The molecule has 0 bridgehead atoms. The molecular formula is C18H23N3O5. The molecule has 2 aromatic heterocycles. The first-order chi connectivity index (χ1) is 12.5. The van der Waals surface area contributed by atoms with Crippen LogP contribution >= 0.6 is 0 Å². The molecule has 0 aliphatic carbocycles. The fourth-order valence-corrected chi connectivity index (χ4v) is 2.14. The van der Waals surface area contributed by atoms with Crippen molar-refractivity contribution in [2.75, 3.05) is 25.6 Å². The van der Waals surface area contributed by atoms with Crippen LogP contribution in [0.4, 0.5) is 5.69 Å². The van der Waals surface area contributed by atoms with Crippen LogP contribution in [0, 0.1) is 5.92 Å². The fraction of sp³-hybridized carbons (Fsp3) is 0.389. The third kappa shape index (κ3) is 5.59. The maximum atomic E-state index is 12.5. The van der Waals surface area contributed by atoms with E-state index in [-0.39, 0.29) is 17.6 Å². The molecule has 8 heteroatoms. The maximum Gasteiger partial charge on any atom is 0.287 e. The van der Waals surface area contributed by atoms with Crippen molar-refractivity contribution >= 4 is 17.5 Å². The van der Waals surface area contributed by atoms with E-state index in [9.17, 15) is 9.59 Å². The summed E-state index contributed by atoms with van der Waals surface area (Å²) in [6.07, 6.45) is 2.90. The summed E-state index contributed by atoms with van der Waals surface area (Å²) in [6, 6.07) is 5.76. The highest BCUT2D eigenvalue weighted by Crippen LogP contribution is 2.13. The standard InChI is InChI=1S/C18H23N3O5/c1-12(2)16(21-17(22)14-5-4-8-25-14)18(23)20-13-6-7-15(19-11-13)26-10-9-24-3/h4-8,11-12,16H,9-10H2,1-3H3,(H,20,23)(H,21,22). The van der Waals surface area contributed by atoms with Crippen molar-refractivity contribution in [3.63, 3.8) is 0 Å². The first-order valence-corrected chi connectivity index (χ1v) is 8.24. The molecule has 0 aliphatic rings. The molecule has 0 saturated carbocycles. The van der Waals surface area contributed by atoms with Crippen molar-refractivity contribution in [3.05, 3.63) is 42.5 Å². The van der Waals surface area contributed by atoms with Crippen LogP contribution in [-0.2, 0) is 9.53 Å². The number of nitrogens with one attached hydrogen (secondary N) is 2. The summed E-state index contributed by atoms with van der Waals surface area (Å²) in [5.74, 6) is -0.300. The predicted molar refractivity (Wildman–Crippen MR) is 95.0 cm³/mol. The van der Waals surface area contributed by atoms with Crippen LogP contribution in [0.25, 0.3) is 0 Å². The lowest BCUT2D eigenvalue weighted by atomic mass is 10.0. The second kappa shape index (κ2) is 9.57. The molecule has 0 fully saturated rings. The number of amides is 2. The number of carbonyl (C=O) groups is 2. The summed E-state index contributed by atoms with van der Waals surface area (Å²) in [7, 11) is 1.59. The van der Waals surface area contributed by atoms with E-state index in [1.165, 1.54) is 18.5 Å². The van der Waals surface area contributed by atoms with Crippen molar-refractivity contribution in [2.45, 2.75) is 19.9 Å². The Kier molecular flexibility index (Phi) is 7.16. The van der Waals surface area contributed by atoms with Crippen molar-refractivity contribution in [1.82, 2.24) is 10.3 Å². The summed E-state index contributed by atoms with van der Waals surface area (Å²) in [5, 5.41) is 5.42. The minimum Gasteiger partial charge on any atom is -0.475 e. The third-order valence-corrected chi connectivity index (χ3v) is 3.52. The van der Waals surface area contributed by atoms with Gasteiger partial charge in [-0.15, -0.1) is 0 Å². The Morgan fingerprint density at radius 3 is 2.62 bits per heavy atom. The molecular weight excluding hydrogens is 338 g/mol. The van der Waals surface area contributed by atoms with E-state index in [0.717, 1.165) is 0 Å². The highest BCUT2D eigenvalue weighted by molar-refractivity contribution is 6.00. The normalized spacial score (nSPS) is 11.8. The van der Waals surface area contributed by atoms with Gasteiger partial charge >= 0.3 is 0 Å².